The van der Waals surface area contributed by atoms with Crippen molar-refractivity contribution in [3.8, 4) is 16.8 Å². The van der Waals surface area contributed by atoms with E-state index in [2.05, 4.69) is 34.1 Å². The summed E-state index contributed by atoms with van der Waals surface area (Å²) >= 11 is 1.66. The molecule has 0 spiro atoms. The molecule has 9 aromatic rings. The Balaban J connectivity index is 1.37. The van der Waals surface area contributed by atoms with E-state index in [1.165, 1.54) is 0 Å². The Bertz CT molecular complexity index is 3380. The van der Waals surface area contributed by atoms with E-state index < -0.39 is 30.3 Å². The molecule has 3 nitrogen and oxygen atoms in total. The lowest BCUT2D eigenvalue weighted by Gasteiger charge is -2.43. The molecule has 0 N–H and O–H groups in total. The molecule has 0 radical (unpaired) electrons. The van der Waals surface area contributed by atoms with Crippen molar-refractivity contribution in [2.24, 2.45) is 0 Å². The van der Waals surface area contributed by atoms with Gasteiger partial charge in [-0.3, -0.25) is 0 Å². The van der Waals surface area contributed by atoms with Crippen LogP contribution in [0.2, 0.25) is 0 Å². The maximum Gasteiger partial charge on any atom is 0.285 e. The highest BCUT2D eigenvalue weighted by Crippen LogP contribution is 2.50. The van der Waals surface area contributed by atoms with Gasteiger partial charge in [0, 0.05) is 54.3 Å². The third-order valence-electron chi connectivity index (χ3n) is 10.8. The summed E-state index contributed by atoms with van der Waals surface area (Å²) < 4.78 is 86.7. The summed E-state index contributed by atoms with van der Waals surface area (Å²) in [4.78, 5) is 4.39. The minimum absolute atomic E-state index is 0.0498. The fraction of sp³-hybridized carbons (Fsp3) is 0.0800. The van der Waals surface area contributed by atoms with Gasteiger partial charge in [-0.25, -0.2) is 0 Å². The summed E-state index contributed by atoms with van der Waals surface area (Å²) in [7, 11) is 0. The molecule has 0 atom stereocenters. The first-order chi connectivity index (χ1) is 30.7. The minimum atomic E-state index is -0.650. The predicted molar refractivity (Wildman–Crippen MR) is 237 cm³/mol. The molecule has 2 aromatic heterocycles. The Morgan fingerprint density at radius 3 is 1.80 bits per heavy atom. The molecule has 11 rings (SSSR count). The molecule has 0 fully saturated rings. The number of anilines is 6. The van der Waals surface area contributed by atoms with Gasteiger partial charge in [-0.2, -0.15) is 0 Å². The van der Waals surface area contributed by atoms with E-state index in [1.54, 1.807) is 11.3 Å². The van der Waals surface area contributed by atoms with Crippen LogP contribution in [0.25, 0.3) is 37.8 Å². The highest BCUT2D eigenvalue weighted by molar-refractivity contribution is 7.33. The predicted octanol–water partition coefficient (Wildman–Crippen LogP) is 11.9. The van der Waals surface area contributed by atoms with Crippen LogP contribution in [-0.4, -0.2) is 11.3 Å². The van der Waals surface area contributed by atoms with Gasteiger partial charge in [-0.05, 0) is 88.2 Å². The third-order valence-corrected chi connectivity index (χ3v) is 12.0. The van der Waals surface area contributed by atoms with Gasteiger partial charge >= 0.3 is 0 Å². The maximum atomic E-state index is 9.56. The highest BCUT2D eigenvalue weighted by atomic mass is 32.1. The van der Waals surface area contributed by atoms with Crippen LogP contribution in [0.1, 0.15) is 38.7 Å². The molecule has 2 aliphatic rings. The molecule has 4 heterocycles. The zero-order chi connectivity index (χ0) is 44.7. The molecular formula is C50H38BN3S. The van der Waals surface area contributed by atoms with E-state index in [4.69, 9.17) is 4.11 Å². The number of nitrogens with zero attached hydrogens (tertiary/aromatic N) is 3. The maximum absolute atomic E-state index is 9.56. The lowest BCUT2D eigenvalue weighted by atomic mass is 9.37. The first-order valence-corrected chi connectivity index (χ1v) is 19.2. The van der Waals surface area contributed by atoms with Crippen LogP contribution < -0.4 is 25.6 Å². The first kappa shape index (κ1) is 24.2. The molecule has 0 amide bonds. The summed E-state index contributed by atoms with van der Waals surface area (Å²) in [5.41, 5.74) is 7.55. The van der Waals surface area contributed by atoms with Crippen molar-refractivity contribution < 1.29 is 12.3 Å². The fourth-order valence-corrected chi connectivity index (χ4v) is 9.71. The second kappa shape index (κ2) is 12.1. The van der Waals surface area contributed by atoms with Gasteiger partial charge in [0.25, 0.3) is 6.71 Å². The number of thiophene rings is 1. The summed E-state index contributed by atoms with van der Waals surface area (Å²) in [5.74, 6) is 0. The Morgan fingerprint density at radius 2 is 1.15 bits per heavy atom. The number of rotatable bonds is 4. The SMILES string of the molecule is [2H]c1c([2H])c([2H])c(-n2c3c(c4ccccc42)N(c2ccccc2)c2cc(-c4c([2H])c([2H])c(C(C)(C)C)c([2H])c4[2H])cc4c2B3c2sc3ccccc3c2N4c2ccccc2)c([2H])c1[2H]. The second-order valence-corrected chi connectivity index (χ2v) is 16.2. The topological polar surface area (TPSA) is 11.4 Å². The van der Waals surface area contributed by atoms with Crippen LogP contribution in [0.3, 0.4) is 0 Å². The fourth-order valence-electron chi connectivity index (χ4n) is 8.40. The smallest absolute Gasteiger partial charge is 0.285 e. The second-order valence-electron chi connectivity index (χ2n) is 15.1. The molecule has 7 aromatic carbocycles. The quantitative estimate of drug-likeness (QED) is 0.167. The van der Waals surface area contributed by atoms with Gasteiger partial charge in [0.05, 0.1) is 29.2 Å². The molecule has 0 aliphatic carbocycles. The lowest BCUT2D eigenvalue weighted by molar-refractivity contribution is 0.590. The van der Waals surface area contributed by atoms with Gasteiger partial charge in [0.15, 0.2) is 0 Å². The Kier molecular flexibility index (Phi) is 5.32. The van der Waals surface area contributed by atoms with Crippen molar-refractivity contribution >= 4 is 89.0 Å². The van der Waals surface area contributed by atoms with E-state index >= 15 is 0 Å². The summed E-state index contributed by atoms with van der Waals surface area (Å²) in [6.07, 6.45) is 0. The van der Waals surface area contributed by atoms with Crippen LogP contribution in [-0.2, 0) is 5.41 Å². The Hall–Kier alpha value is -6.30. The summed E-state index contributed by atoms with van der Waals surface area (Å²) in [6.45, 7) is 5.14. The normalized spacial score (nSPS) is 15.5. The van der Waals surface area contributed by atoms with E-state index in [1.807, 2.05) is 122 Å². The van der Waals surface area contributed by atoms with Crippen LogP contribution in [0.4, 0.5) is 34.1 Å². The van der Waals surface area contributed by atoms with Gasteiger partial charge < -0.3 is 14.4 Å². The van der Waals surface area contributed by atoms with Crippen molar-refractivity contribution in [2.45, 2.75) is 26.2 Å². The third kappa shape index (κ3) is 4.83. The Labute approximate surface area is 339 Å². The molecular weight excluding hydrogens is 685 g/mol. The average molecular weight is 733 g/mol. The molecule has 2 aliphatic heterocycles. The van der Waals surface area contributed by atoms with Crippen molar-refractivity contribution in [2.75, 3.05) is 9.80 Å². The van der Waals surface area contributed by atoms with Crippen molar-refractivity contribution in [1.82, 2.24) is 4.57 Å². The van der Waals surface area contributed by atoms with E-state index in [0.717, 1.165) is 65.4 Å². The van der Waals surface area contributed by atoms with Crippen molar-refractivity contribution in [1.29, 1.82) is 0 Å². The molecule has 262 valence electrons. The van der Waals surface area contributed by atoms with Crippen molar-refractivity contribution in [3.05, 3.63) is 181 Å². The van der Waals surface area contributed by atoms with Crippen LogP contribution in [0.15, 0.2) is 176 Å². The minimum Gasteiger partial charge on any atom is -0.319 e. The van der Waals surface area contributed by atoms with Gasteiger partial charge in [-0.1, -0.05) is 136 Å². The molecule has 0 saturated carbocycles. The lowest BCUT2D eigenvalue weighted by Crippen LogP contribution is -2.62. The van der Waals surface area contributed by atoms with E-state index in [9.17, 15) is 8.22 Å². The summed E-state index contributed by atoms with van der Waals surface area (Å²) in [5, 5.41) is 1.79. The van der Waals surface area contributed by atoms with Crippen molar-refractivity contribution in [3.63, 3.8) is 0 Å². The van der Waals surface area contributed by atoms with Crippen LogP contribution in [0.5, 0.6) is 0 Å². The number of benzene rings is 7. The van der Waals surface area contributed by atoms with Gasteiger partial charge in [-0.15, -0.1) is 11.3 Å². The van der Waals surface area contributed by atoms with Crippen LogP contribution >= 0.6 is 11.3 Å². The Morgan fingerprint density at radius 1 is 0.564 bits per heavy atom. The number of hydrogen-bond acceptors (Lipinski definition) is 3. The van der Waals surface area contributed by atoms with E-state index in [0.29, 0.717) is 16.6 Å². The molecule has 0 unspecified atom stereocenters. The number of hydrogen-bond donors (Lipinski definition) is 0. The van der Waals surface area contributed by atoms with Gasteiger partial charge in [0.2, 0.25) is 0 Å². The number of para-hydroxylation sites is 4. The average Bonchev–Trinajstić information content (AvgIpc) is 3.84. The van der Waals surface area contributed by atoms with Crippen LogP contribution in [0, 0.1) is 0 Å². The molecule has 55 heavy (non-hydrogen) atoms. The number of fused-ring (bicyclic) bond motifs is 8. The largest absolute Gasteiger partial charge is 0.319 e. The molecule has 5 heteroatoms. The number of aromatic nitrogens is 1. The molecule has 0 bridgehead atoms. The molecule has 0 saturated heterocycles. The highest BCUT2D eigenvalue weighted by Gasteiger charge is 2.48. The zero-order valence-electron chi connectivity index (χ0n) is 39.4. The monoisotopic (exact) mass is 732 g/mol. The first-order valence-electron chi connectivity index (χ1n) is 22.9. The van der Waals surface area contributed by atoms with E-state index in [-0.39, 0.29) is 47.5 Å². The zero-order valence-corrected chi connectivity index (χ0v) is 31.2. The summed E-state index contributed by atoms with van der Waals surface area (Å²) in [6, 6.07) is 37.6. The standard InChI is InChI=1S/C50H38BN3S/c1-50(2,3)35-29-27-33(28-30-35)34-31-42-45-43(32-34)53(37-19-9-5-10-20-37)47-40-24-14-16-26-44(40)55-49(47)51(45)48-46(52(42)36-17-7-4-8-18-36)39-23-13-15-25-41(39)54(48)38-21-11-6-12-22-38/h4-32H,1-3H3/i6D,11D,12D,21D,22D,27D,28D,29D,30D. The van der Waals surface area contributed by atoms with Gasteiger partial charge in [0.1, 0.15) is 0 Å².